The molecule has 1 aromatic heterocycles. The average molecular weight is 500 g/mol. The molecule has 0 bridgehead atoms. The summed E-state index contributed by atoms with van der Waals surface area (Å²) in [4.78, 5) is 6.46. The van der Waals surface area contributed by atoms with Crippen LogP contribution in [0.15, 0.2) is 54.9 Å². The summed E-state index contributed by atoms with van der Waals surface area (Å²) in [7, 11) is 1.63. The van der Waals surface area contributed by atoms with Crippen LogP contribution in [-0.2, 0) is 24.2 Å². The van der Waals surface area contributed by atoms with E-state index in [0.717, 1.165) is 17.8 Å². The molecule has 1 aliphatic heterocycles. The van der Waals surface area contributed by atoms with Crippen LogP contribution in [0.5, 0.6) is 17.2 Å². The Labute approximate surface area is 211 Å². The summed E-state index contributed by atoms with van der Waals surface area (Å²) in [6.45, 7) is 5.66. The maximum absolute atomic E-state index is 13.1. The Balaban J connectivity index is 1.34. The molecule has 1 aliphatic rings. The van der Waals surface area contributed by atoms with Crippen molar-refractivity contribution in [1.82, 2.24) is 14.5 Å². The number of imidazole rings is 1. The lowest BCUT2D eigenvalue weighted by Gasteiger charge is -2.30. The Morgan fingerprint density at radius 1 is 1.14 bits per heavy atom. The molecule has 1 atom stereocenters. The van der Waals surface area contributed by atoms with Crippen molar-refractivity contribution in [3.63, 3.8) is 0 Å². The fraction of sp³-hybridized carbons (Fsp3) is 0.444. The van der Waals surface area contributed by atoms with Gasteiger partial charge < -0.3 is 28.6 Å². The highest BCUT2D eigenvalue weighted by molar-refractivity contribution is 5.43. The number of aryl methyl sites for hydroxylation is 1. The average Bonchev–Trinajstić information content (AvgIpc) is 3.26. The van der Waals surface area contributed by atoms with Crippen LogP contribution < -0.4 is 14.2 Å². The summed E-state index contributed by atoms with van der Waals surface area (Å²) < 4.78 is 38.2. The maximum Gasteiger partial charge on any atom is 0.161 e. The molecule has 0 spiro atoms. The Morgan fingerprint density at radius 2 is 1.97 bits per heavy atom. The lowest BCUT2D eigenvalue weighted by Crippen LogP contribution is -2.48. The first kappa shape index (κ1) is 25.9. The van der Waals surface area contributed by atoms with E-state index in [4.69, 9.17) is 18.9 Å². The Hall–Kier alpha value is -3.14. The van der Waals surface area contributed by atoms with Gasteiger partial charge in [-0.1, -0.05) is 13.0 Å². The van der Waals surface area contributed by atoms with Gasteiger partial charge in [0.15, 0.2) is 11.5 Å². The van der Waals surface area contributed by atoms with Crippen molar-refractivity contribution >= 4 is 0 Å². The van der Waals surface area contributed by atoms with Gasteiger partial charge in [-0.2, -0.15) is 0 Å². The maximum atomic E-state index is 13.1. The summed E-state index contributed by atoms with van der Waals surface area (Å²) in [6.07, 6.45) is 4.64. The van der Waals surface area contributed by atoms with Crippen molar-refractivity contribution in [3.05, 3.63) is 72.1 Å². The van der Waals surface area contributed by atoms with Crippen molar-refractivity contribution < 1.29 is 28.4 Å². The van der Waals surface area contributed by atoms with Gasteiger partial charge in [-0.25, -0.2) is 9.37 Å². The Kier molecular flexibility index (Phi) is 8.79. The first-order valence-electron chi connectivity index (χ1n) is 12.2. The van der Waals surface area contributed by atoms with E-state index in [1.807, 2.05) is 24.4 Å². The van der Waals surface area contributed by atoms with Crippen LogP contribution in [0.25, 0.3) is 0 Å². The van der Waals surface area contributed by atoms with E-state index in [-0.39, 0.29) is 19.0 Å². The monoisotopic (exact) mass is 499 g/mol. The van der Waals surface area contributed by atoms with Gasteiger partial charge in [0.1, 0.15) is 36.2 Å². The molecule has 0 saturated carbocycles. The third kappa shape index (κ3) is 6.96. The zero-order valence-corrected chi connectivity index (χ0v) is 20.9. The smallest absolute Gasteiger partial charge is 0.161 e. The van der Waals surface area contributed by atoms with Gasteiger partial charge in [0.05, 0.1) is 26.9 Å². The van der Waals surface area contributed by atoms with Crippen LogP contribution in [0.2, 0.25) is 0 Å². The molecule has 3 aromatic rings. The lowest BCUT2D eigenvalue weighted by molar-refractivity contribution is -0.0646. The number of benzene rings is 2. The SMILES string of the molecule is CCc1nccn1CCOc1ccc(CN2CCOCC(O)(COc3ccc(F)cc3)C2)cc1OC. The molecule has 194 valence electrons. The number of rotatable bonds is 11. The number of aromatic nitrogens is 2. The largest absolute Gasteiger partial charge is 0.493 e. The number of β-amino-alcohol motifs (C(OH)–C–C–N with tert-alkyl or cyclic N) is 1. The third-order valence-corrected chi connectivity index (χ3v) is 6.10. The molecule has 2 heterocycles. The standard InChI is InChI=1S/C27H34FN3O5/c1-3-26-29-10-11-31(26)13-15-35-24-9-4-21(16-25(24)33-2)17-30-12-14-34-19-27(32,18-30)20-36-23-7-5-22(28)6-8-23/h4-11,16,32H,3,12-15,17-20H2,1-2H3. The highest BCUT2D eigenvalue weighted by Gasteiger charge is 2.33. The molecule has 36 heavy (non-hydrogen) atoms. The van der Waals surface area contributed by atoms with Crippen LogP contribution >= 0.6 is 0 Å². The van der Waals surface area contributed by atoms with E-state index >= 15 is 0 Å². The highest BCUT2D eigenvalue weighted by atomic mass is 19.1. The zero-order valence-electron chi connectivity index (χ0n) is 20.9. The molecule has 8 nitrogen and oxygen atoms in total. The number of methoxy groups -OCH3 is 1. The second-order valence-corrected chi connectivity index (χ2v) is 8.95. The van der Waals surface area contributed by atoms with Gasteiger partial charge >= 0.3 is 0 Å². The fourth-order valence-corrected chi connectivity index (χ4v) is 4.27. The minimum Gasteiger partial charge on any atom is -0.493 e. The highest BCUT2D eigenvalue weighted by Crippen LogP contribution is 2.29. The van der Waals surface area contributed by atoms with E-state index in [2.05, 4.69) is 21.4 Å². The molecule has 4 rings (SSSR count). The van der Waals surface area contributed by atoms with Gasteiger partial charge in [-0.3, -0.25) is 4.90 Å². The predicted molar refractivity (Wildman–Crippen MR) is 133 cm³/mol. The molecule has 0 radical (unpaired) electrons. The number of hydrogen-bond donors (Lipinski definition) is 1. The minimum absolute atomic E-state index is 0.0435. The van der Waals surface area contributed by atoms with Gasteiger partial charge in [0.2, 0.25) is 0 Å². The second-order valence-electron chi connectivity index (χ2n) is 8.95. The normalized spacial score (nSPS) is 18.6. The first-order chi connectivity index (χ1) is 17.5. The molecule has 1 unspecified atom stereocenters. The molecule has 1 N–H and O–H groups in total. The first-order valence-corrected chi connectivity index (χ1v) is 12.2. The quantitative estimate of drug-likeness (QED) is 0.434. The number of halogens is 1. The van der Waals surface area contributed by atoms with E-state index in [1.165, 1.54) is 12.1 Å². The predicted octanol–water partition coefficient (Wildman–Crippen LogP) is 3.31. The topological polar surface area (TPSA) is 78.2 Å². The van der Waals surface area contributed by atoms with E-state index in [0.29, 0.717) is 56.6 Å². The van der Waals surface area contributed by atoms with Crippen LogP contribution in [0, 0.1) is 5.82 Å². The molecule has 1 fully saturated rings. The summed E-state index contributed by atoms with van der Waals surface area (Å²) in [5.74, 6) is 2.55. The lowest BCUT2D eigenvalue weighted by atomic mass is 10.1. The molecular formula is C27H34FN3O5. The third-order valence-electron chi connectivity index (χ3n) is 6.10. The zero-order chi connectivity index (χ0) is 25.4. The van der Waals surface area contributed by atoms with Crippen molar-refractivity contribution in [1.29, 1.82) is 0 Å². The van der Waals surface area contributed by atoms with Crippen molar-refractivity contribution in [2.24, 2.45) is 0 Å². The van der Waals surface area contributed by atoms with Crippen LogP contribution in [0.3, 0.4) is 0 Å². The number of nitrogens with zero attached hydrogens (tertiary/aromatic N) is 3. The van der Waals surface area contributed by atoms with Gasteiger partial charge in [-0.15, -0.1) is 0 Å². The molecule has 0 aliphatic carbocycles. The Bertz CT molecular complexity index is 1110. The van der Waals surface area contributed by atoms with Gasteiger partial charge in [0, 0.05) is 38.4 Å². The van der Waals surface area contributed by atoms with Crippen molar-refractivity contribution in [3.8, 4) is 17.2 Å². The van der Waals surface area contributed by atoms with E-state index in [1.54, 1.807) is 25.4 Å². The Morgan fingerprint density at radius 3 is 2.75 bits per heavy atom. The van der Waals surface area contributed by atoms with Gasteiger partial charge in [-0.05, 0) is 42.0 Å². The summed E-state index contributed by atoms with van der Waals surface area (Å²) in [5, 5.41) is 11.2. The summed E-state index contributed by atoms with van der Waals surface area (Å²) in [5.41, 5.74) is -0.159. The second kappa shape index (κ2) is 12.2. The molecule has 2 aromatic carbocycles. The van der Waals surface area contributed by atoms with Crippen molar-refractivity contribution in [2.75, 3.05) is 46.6 Å². The van der Waals surface area contributed by atoms with Crippen LogP contribution in [0.4, 0.5) is 4.39 Å². The fourth-order valence-electron chi connectivity index (χ4n) is 4.27. The van der Waals surface area contributed by atoms with Gasteiger partial charge in [0.25, 0.3) is 0 Å². The molecule has 1 saturated heterocycles. The number of ether oxygens (including phenoxy) is 4. The summed E-state index contributed by atoms with van der Waals surface area (Å²) >= 11 is 0. The van der Waals surface area contributed by atoms with Crippen LogP contribution in [-0.4, -0.2) is 71.8 Å². The van der Waals surface area contributed by atoms with Crippen LogP contribution in [0.1, 0.15) is 18.3 Å². The number of hydrogen-bond acceptors (Lipinski definition) is 7. The minimum atomic E-state index is -1.19. The molecule has 9 heteroatoms. The molecular weight excluding hydrogens is 465 g/mol. The number of aliphatic hydroxyl groups is 1. The van der Waals surface area contributed by atoms with E-state index in [9.17, 15) is 9.50 Å². The summed E-state index contributed by atoms with van der Waals surface area (Å²) in [6, 6.07) is 11.6. The molecule has 0 amide bonds. The van der Waals surface area contributed by atoms with Crippen molar-refractivity contribution in [2.45, 2.75) is 32.0 Å². The van der Waals surface area contributed by atoms with E-state index < -0.39 is 5.60 Å².